The molecule has 5 fully saturated rings. The van der Waals surface area contributed by atoms with Gasteiger partial charge in [-0.05, 0) is 75.3 Å². The molecule has 4 saturated carbocycles. The second kappa shape index (κ2) is 6.26. The van der Waals surface area contributed by atoms with Gasteiger partial charge in [-0.1, -0.05) is 0 Å². The Labute approximate surface area is 164 Å². The van der Waals surface area contributed by atoms with E-state index in [0.717, 1.165) is 44.9 Å². The van der Waals surface area contributed by atoms with Crippen molar-refractivity contribution in [3.8, 4) is 0 Å². The molecule has 6 rings (SSSR count). The van der Waals surface area contributed by atoms with Crippen LogP contribution in [0.3, 0.4) is 0 Å². The molecule has 1 aromatic heterocycles. The van der Waals surface area contributed by atoms with Gasteiger partial charge < -0.3 is 14.6 Å². The number of amides is 2. The van der Waals surface area contributed by atoms with E-state index in [1.807, 2.05) is 4.90 Å². The Morgan fingerprint density at radius 3 is 2.44 bits per heavy atom. The normalized spacial score (nSPS) is 38.2. The molecule has 27 heavy (non-hydrogen) atoms. The molecular formula is C21H27ClN2O3. The van der Waals surface area contributed by atoms with Crippen molar-refractivity contribution < 1.29 is 14.0 Å². The van der Waals surface area contributed by atoms with Gasteiger partial charge >= 0.3 is 0 Å². The lowest BCUT2D eigenvalue weighted by molar-refractivity contribution is -0.145. The molecular weight excluding hydrogens is 364 g/mol. The highest BCUT2D eigenvalue weighted by molar-refractivity contribution is 6.24. The average Bonchev–Trinajstić information content (AvgIpc) is 3.14. The third kappa shape index (κ3) is 3.08. The van der Waals surface area contributed by atoms with Gasteiger partial charge in [-0.2, -0.15) is 0 Å². The van der Waals surface area contributed by atoms with Gasteiger partial charge in [0.1, 0.15) is 0 Å². The lowest BCUT2D eigenvalue weighted by Gasteiger charge is -2.59. The molecule has 1 aromatic rings. The largest absolute Gasteiger partial charge is 0.459 e. The summed E-state index contributed by atoms with van der Waals surface area (Å²) in [5.41, 5.74) is -0.243. The standard InChI is InChI=1S/C21H27ClN2O3/c22-21-11-14-8-15(12-21)10-20(9-14,13-21)19(26)23-16-3-5-24(6-4-16)18(25)17-2-1-7-27-17/h1-2,7,14-16H,3-6,8-13H2,(H,23,26)/t14-,15-,20?,21?/m1/s1. The van der Waals surface area contributed by atoms with Crippen molar-refractivity contribution in [3.05, 3.63) is 24.2 Å². The van der Waals surface area contributed by atoms with Crippen molar-refractivity contribution in [1.82, 2.24) is 10.2 Å². The number of carbonyl (C=O) groups is 2. The minimum Gasteiger partial charge on any atom is -0.459 e. The minimum absolute atomic E-state index is 0.0602. The predicted molar refractivity (Wildman–Crippen MR) is 101 cm³/mol. The lowest BCUT2D eigenvalue weighted by atomic mass is 9.49. The summed E-state index contributed by atoms with van der Waals surface area (Å²) < 4.78 is 5.21. The summed E-state index contributed by atoms with van der Waals surface area (Å²) in [6.45, 7) is 1.31. The van der Waals surface area contributed by atoms with E-state index in [0.29, 0.717) is 30.7 Å². The average molecular weight is 391 g/mol. The molecule has 146 valence electrons. The number of alkyl halides is 1. The number of hydrogen-bond acceptors (Lipinski definition) is 3. The fourth-order valence-corrected chi connectivity index (χ4v) is 7.23. The molecule has 0 radical (unpaired) electrons. The fraction of sp³-hybridized carbons (Fsp3) is 0.714. The topological polar surface area (TPSA) is 62.6 Å². The molecule has 4 bridgehead atoms. The first-order valence-corrected chi connectivity index (χ1v) is 10.7. The van der Waals surface area contributed by atoms with Crippen molar-refractivity contribution in [2.45, 2.75) is 62.3 Å². The number of rotatable bonds is 3. The molecule has 1 aliphatic heterocycles. The molecule has 6 heteroatoms. The summed E-state index contributed by atoms with van der Waals surface area (Å²) in [5.74, 6) is 1.80. The molecule has 0 unspecified atom stereocenters. The Hall–Kier alpha value is -1.49. The van der Waals surface area contributed by atoms with Gasteiger partial charge in [0, 0.05) is 24.0 Å². The number of carbonyl (C=O) groups excluding carboxylic acids is 2. The molecule has 0 aromatic carbocycles. The zero-order valence-corrected chi connectivity index (χ0v) is 16.3. The van der Waals surface area contributed by atoms with Crippen LogP contribution in [0.25, 0.3) is 0 Å². The van der Waals surface area contributed by atoms with Gasteiger partial charge in [-0.3, -0.25) is 9.59 Å². The molecule has 5 aliphatic rings. The second-order valence-electron chi connectivity index (χ2n) is 9.41. The van der Waals surface area contributed by atoms with Crippen molar-refractivity contribution in [1.29, 1.82) is 0 Å². The molecule has 5 nitrogen and oxygen atoms in total. The van der Waals surface area contributed by atoms with Crippen LogP contribution in [0, 0.1) is 17.3 Å². The number of nitrogens with one attached hydrogen (secondary N) is 1. The summed E-state index contributed by atoms with van der Waals surface area (Å²) in [6.07, 6.45) is 9.43. The van der Waals surface area contributed by atoms with Crippen LogP contribution in [-0.4, -0.2) is 40.7 Å². The SMILES string of the molecule is O=C(c1ccco1)N1CCC(NC(=O)C23C[C@H]4C[C@@H](CC(Cl)(C4)C2)C3)CC1. The highest BCUT2D eigenvalue weighted by Crippen LogP contribution is 2.63. The van der Waals surface area contributed by atoms with Gasteiger partial charge in [0.2, 0.25) is 5.91 Å². The van der Waals surface area contributed by atoms with Gasteiger partial charge in [-0.15, -0.1) is 11.6 Å². The first kappa shape index (κ1) is 17.6. The van der Waals surface area contributed by atoms with E-state index in [1.165, 1.54) is 12.7 Å². The number of likely N-dealkylation sites (tertiary alicyclic amines) is 1. The van der Waals surface area contributed by atoms with Crippen LogP contribution in [0.2, 0.25) is 0 Å². The Morgan fingerprint density at radius 1 is 1.15 bits per heavy atom. The van der Waals surface area contributed by atoms with E-state index in [9.17, 15) is 9.59 Å². The summed E-state index contributed by atoms with van der Waals surface area (Å²) in [4.78, 5) is 27.3. The van der Waals surface area contributed by atoms with Gasteiger partial charge in [0.05, 0.1) is 11.7 Å². The smallest absolute Gasteiger partial charge is 0.289 e. The maximum Gasteiger partial charge on any atom is 0.289 e. The van der Waals surface area contributed by atoms with E-state index < -0.39 is 0 Å². The van der Waals surface area contributed by atoms with E-state index in [-0.39, 0.29) is 28.1 Å². The van der Waals surface area contributed by atoms with Crippen LogP contribution in [0.5, 0.6) is 0 Å². The molecule has 2 atom stereocenters. The Morgan fingerprint density at radius 2 is 1.85 bits per heavy atom. The third-order valence-corrected chi connectivity index (χ3v) is 7.76. The maximum atomic E-state index is 13.2. The predicted octanol–water partition coefficient (Wildman–Crippen LogP) is 3.58. The molecule has 2 amide bonds. The summed E-state index contributed by atoms with van der Waals surface area (Å²) >= 11 is 6.88. The highest BCUT2D eigenvalue weighted by atomic mass is 35.5. The summed E-state index contributed by atoms with van der Waals surface area (Å²) in [7, 11) is 0. The second-order valence-corrected chi connectivity index (χ2v) is 10.2. The zero-order chi connectivity index (χ0) is 18.6. The van der Waals surface area contributed by atoms with Crippen LogP contribution in [-0.2, 0) is 4.79 Å². The molecule has 0 spiro atoms. The van der Waals surface area contributed by atoms with Crippen molar-refractivity contribution in [2.75, 3.05) is 13.1 Å². The van der Waals surface area contributed by atoms with Crippen LogP contribution in [0.4, 0.5) is 0 Å². The molecule has 1 saturated heterocycles. The number of nitrogens with zero attached hydrogens (tertiary/aromatic N) is 1. The quantitative estimate of drug-likeness (QED) is 0.802. The van der Waals surface area contributed by atoms with E-state index in [4.69, 9.17) is 16.0 Å². The Bertz CT molecular complexity index is 725. The minimum atomic E-state index is -0.243. The monoisotopic (exact) mass is 390 g/mol. The molecule has 1 N–H and O–H groups in total. The highest BCUT2D eigenvalue weighted by Gasteiger charge is 2.60. The van der Waals surface area contributed by atoms with Crippen molar-refractivity contribution >= 4 is 23.4 Å². The summed E-state index contributed by atoms with van der Waals surface area (Å²) in [5, 5.41) is 3.33. The number of hydrogen-bond donors (Lipinski definition) is 1. The maximum absolute atomic E-state index is 13.2. The third-order valence-electron chi connectivity index (χ3n) is 7.32. The van der Waals surface area contributed by atoms with E-state index in [2.05, 4.69) is 5.32 Å². The van der Waals surface area contributed by atoms with Crippen molar-refractivity contribution in [3.63, 3.8) is 0 Å². The number of halogens is 1. The first-order chi connectivity index (χ1) is 12.9. The Kier molecular flexibility index (Phi) is 4.08. The lowest BCUT2D eigenvalue weighted by Crippen LogP contribution is -2.60. The van der Waals surface area contributed by atoms with Gasteiger partial charge in [0.25, 0.3) is 5.91 Å². The number of piperidine rings is 1. The van der Waals surface area contributed by atoms with Crippen LogP contribution >= 0.6 is 11.6 Å². The fourth-order valence-electron chi connectivity index (χ4n) is 6.54. The zero-order valence-electron chi connectivity index (χ0n) is 15.6. The Balaban J connectivity index is 1.20. The van der Waals surface area contributed by atoms with Crippen LogP contribution in [0.1, 0.15) is 61.9 Å². The van der Waals surface area contributed by atoms with Crippen molar-refractivity contribution in [2.24, 2.45) is 17.3 Å². The van der Waals surface area contributed by atoms with Gasteiger partial charge in [0.15, 0.2) is 5.76 Å². The molecule has 2 heterocycles. The van der Waals surface area contributed by atoms with E-state index >= 15 is 0 Å². The van der Waals surface area contributed by atoms with Crippen LogP contribution in [0.15, 0.2) is 22.8 Å². The summed E-state index contributed by atoms with van der Waals surface area (Å²) in [6, 6.07) is 3.58. The van der Waals surface area contributed by atoms with E-state index in [1.54, 1.807) is 12.1 Å². The van der Waals surface area contributed by atoms with Gasteiger partial charge in [-0.25, -0.2) is 0 Å². The van der Waals surface area contributed by atoms with Crippen LogP contribution < -0.4 is 5.32 Å². The number of furan rings is 1. The first-order valence-electron chi connectivity index (χ1n) is 10.3. The molecule has 4 aliphatic carbocycles.